The molecule has 2 aromatic rings. The number of hydrogen-bond donors (Lipinski definition) is 1. The predicted octanol–water partition coefficient (Wildman–Crippen LogP) is 5.36. The average molecular weight is 634 g/mol. The number of carbonyl (C=O) groups is 2. The van der Waals surface area contributed by atoms with Crippen molar-refractivity contribution < 1.29 is 27.5 Å². The molecule has 0 unspecified atom stereocenters. The van der Waals surface area contributed by atoms with Gasteiger partial charge in [0.2, 0.25) is 11.8 Å². The highest BCUT2D eigenvalue weighted by Crippen LogP contribution is 2.52. The van der Waals surface area contributed by atoms with E-state index in [0.717, 1.165) is 25.7 Å². The third-order valence-electron chi connectivity index (χ3n) is 8.29. The Kier molecular flexibility index (Phi) is 8.56. The topological polar surface area (TPSA) is 131 Å². The van der Waals surface area contributed by atoms with Crippen LogP contribution in [0, 0.1) is 11.3 Å². The minimum atomic E-state index is -4.11. The van der Waals surface area contributed by atoms with Gasteiger partial charge in [-0.05, 0) is 82.4 Å². The van der Waals surface area contributed by atoms with Crippen molar-refractivity contribution in [3.05, 3.63) is 41.0 Å². The Morgan fingerprint density at radius 3 is 2.53 bits per heavy atom. The molecule has 4 bridgehead atoms. The number of benzene rings is 1. The van der Waals surface area contributed by atoms with Crippen LogP contribution in [0.3, 0.4) is 0 Å². The van der Waals surface area contributed by atoms with Crippen LogP contribution in [0.15, 0.2) is 35.2 Å². The molecule has 1 saturated heterocycles. The molecule has 1 atom stereocenters. The fourth-order valence-corrected chi connectivity index (χ4v) is 7.46. The van der Waals surface area contributed by atoms with Crippen LogP contribution in [-0.2, 0) is 14.8 Å². The maximum Gasteiger partial charge on any atom is 0.410 e. The zero-order valence-electron chi connectivity index (χ0n) is 25.3. The standard InChI is InChI=1S/C30H40ClN5O6S/c1-19(2)13-21-18-41-25-15-24(31)32-27(33-25)34-43(39,40)23-8-6-7-20(14-23)26(37)36(21)22-16-30(17-22)9-11-35(12-10-30)28(38)42-29(3,4)5/h6-8,14-15,19,21-22H,9-13,16-18H2,1-5H3,(H,32,33,34)/t21-/m1/s1. The molecule has 1 aromatic heterocycles. The molecular weight excluding hydrogens is 594 g/mol. The van der Waals surface area contributed by atoms with E-state index in [4.69, 9.17) is 21.1 Å². The maximum atomic E-state index is 14.3. The number of sulfonamides is 1. The van der Waals surface area contributed by atoms with Crippen molar-refractivity contribution in [3.8, 4) is 5.88 Å². The van der Waals surface area contributed by atoms with Crippen LogP contribution in [0.1, 0.15) is 77.1 Å². The molecule has 234 valence electrons. The molecule has 5 rings (SSSR count). The Morgan fingerprint density at radius 2 is 1.88 bits per heavy atom. The van der Waals surface area contributed by atoms with Crippen LogP contribution in [0.5, 0.6) is 5.88 Å². The molecule has 1 N–H and O–H groups in total. The normalized spacial score (nSPS) is 22.0. The van der Waals surface area contributed by atoms with Crippen LogP contribution in [-0.4, -0.2) is 77.6 Å². The molecule has 2 fully saturated rings. The minimum Gasteiger partial charge on any atom is -0.475 e. The SMILES string of the molecule is CC(C)C[C@@H]1COc2cc(Cl)nc(n2)NS(=O)(=O)c2cccc(c2)C(=O)N1C1CC2(CCN(C(=O)OC(C)(C)C)CC2)C1. The summed E-state index contributed by atoms with van der Waals surface area (Å²) in [6, 6.07) is 7.07. The first-order valence-corrected chi connectivity index (χ1v) is 16.6. The molecule has 1 spiro atoms. The summed E-state index contributed by atoms with van der Waals surface area (Å²) in [5, 5.41) is 0.0262. The van der Waals surface area contributed by atoms with Gasteiger partial charge >= 0.3 is 6.09 Å². The van der Waals surface area contributed by atoms with Crippen molar-refractivity contribution in [1.82, 2.24) is 19.8 Å². The number of rotatable bonds is 3. The van der Waals surface area contributed by atoms with Gasteiger partial charge in [0.05, 0.1) is 10.9 Å². The summed E-state index contributed by atoms with van der Waals surface area (Å²) < 4.78 is 40.4. The van der Waals surface area contributed by atoms with Gasteiger partial charge in [0.25, 0.3) is 15.9 Å². The molecule has 43 heavy (non-hydrogen) atoms. The number of likely N-dealkylation sites (tertiary alicyclic amines) is 1. The third kappa shape index (κ3) is 7.17. The Balaban J connectivity index is 1.43. The number of aromatic nitrogens is 2. The van der Waals surface area contributed by atoms with E-state index in [1.807, 2.05) is 25.7 Å². The Bertz CT molecular complexity index is 1480. The van der Waals surface area contributed by atoms with Crippen molar-refractivity contribution in [3.63, 3.8) is 0 Å². The van der Waals surface area contributed by atoms with Gasteiger partial charge in [0.1, 0.15) is 17.4 Å². The second-order valence-corrected chi connectivity index (χ2v) is 15.4. The van der Waals surface area contributed by atoms with Gasteiger partial charge in [-0.3, -0.25) is 4.79 Å². The number of nitrogens with one attached hydrogen (secondary N) is 1. The van der Waals surface area contributed by atoms with Crippen LogP contribution in [0.2, 0.25) is 5.15 Å². The lowest BCUT2D eigenvalue weighted by atomic mass is 9.59. The zero-order valence-corrected chi connectivity index (χ0v) is 26.9. The van der Waals surface area contributed by atoms with Gasteiger partial charge in [-0.25, -0.2) is 22.9 Å². The van der Waals surface area contributed by atoms with Gasteiger partial charge in [0.15, 0.2) is 0 Å². The summed E-state index contributed by atoms with van der Waals surface area (Å²) in [6.45, 7) is 11.1. The van der Waals surface area contributed by atoms with Gasteiger partial charge in [0, 0.05) is 30.8 Å². The second kappa shape index (κ2) is 11.8. The van der Waals surface area contributed by atoms with Crippen molar-refractivity contribution in [1.29, 1.82) is 0 Å². The Morgan fingerprint density at radius 1 is 1.19 bits per heavy atom. The summed E-state index contributed by atoms with van der Waals surface area (Å²) in [5.41, 5.74) is -0.243. The quantitative estimate of drug-likeness (QED) is 0.447. The minimum absolute atomic E-state index is 0.0258. The summed E-state index contributed by atoms with van der Waals surface area (Å²) >= 11 is 6.18. The molecule has 3 heterocycles. The third-order valence-corrected chi connectivity index (χ3v) is 9.81. The number of carbonyl (C=O) groups excluding carboxylic acids is 2. The number of amides is 2. The molecule has 11 nitrogen and oxygen atoms in total. The predicted molar refractivity (Wildman–Crippen MR) is 162 cm³/mol. The summed E-state index contributed by atoms with van der Waals surface area (Å²) in [4.78, 5) is 38.7. The smallest absolute Gasteiger partial charge is 0.410 e. The van der Waals surface area contributed by atoms with E-state index in [1.54, 1.807) is 17.0 Å². The van der Waals surface area contributed by atoms with E-state index < -0.39 is 15.6 Å². The summed E-state index contributed by atoms with van der Waals surface area (Å²) in [7, 11) is -4.11. The van der Waals surface area contributed by atoms with Crippen LogP contribution in [0.4, 0.5) is 10.7 Å². The lowest BCUT2D eigenvalue weighted by Gasteiger charge is -2.56. The molecule has 13 heteroatoms. The highest BCUT2D eigenvalue weighted by atomic mass is 35.5. The van der Waals surface area contributed by atoms with Crippen molar-refractivity contribution in [2.45, 2.75) is 89.3 Å². The highest BCUT2D eigenvalue weighted by molar-refractivity contribution is 7.92. The molecule has 3 aliphatic rings. The summed E-state index contributed by atoms with van der Waals surface area (Å²) in [5.74, 6) is -0.0881. The van der Waals surface area contributed by atoms with E-state index in [1.165, 1.54) is 18.2 Å². The van der Waals surface area contributed by atoms with Gasteiger partial charge < -0.3 is 19.3 Å². The zero-order chi connectivity index (χ0) is 31.2. The number of hydrogen-bond acceptors (Lipinski definition) is 8. The van der Waals surface area contributed by atoms with Gasteiger partial charge in [-0.2, -0.15) is 4.98 Å². The average Bonchev–Trinajstić information content (AvgIpc) is 2.89. The van der Waals surface area contributed by atoms with Gasteiger partial charge in [-0.1, -0.05) is 31.5 Å². The van der Waals surface area contributed by atoms with E-state index in [2.05, 4.69) is 28.5 Å². The van der Waals surface area contributed by atoms with Crippen molar-refractivity contribution in [2.75, 3.05) is 24.4 Å². The number of anilines is 1. The molecule has 0 radical (unpaired) electrons. The first-order chi connectivity index (χ1) is 20.1. The number of ether oxygens (including phenoxy) is 2. The lowest BCUT2D eigenvalue weighted by Crippen LogP contribution is -2.60. The Hall–Kier alpha value is -3.12. The van der Waals surface area contributed by atoms with Crippen LogP contribution in [0.25, 0.3) is 0 Å². The lowest BCUT2D eigenvalue weighted by molar-refractivity contribution is -0.0555. The largest absolute Gasteiger partial charge is 0.475 e. The fraction of sp³-hybridized carbons (Fsp3) is 0.600. The molecule has 1 saturated carbocycles. The first-order valence-electron chi connectivity index (χ1n) is 14.7. The van der Waals surface area contributed by atoms with Crippen molar-refractivity contribution >= 4 is 39.6 Å². The second-order valence-electron chi connectivity index (χ2n) is 13.3. The maximum absolute atomic E-state index is 14.3. The highest BCUT2D eigenvalue weighted by Gasteiger charge is 2.51. The van der Waals surface area contributed by atoms with E-state index in [-0.39, 0.29) is 69.5 Å². The van der Waals surface area contributed by atoms with E-state index in [0.29, 0.717) is 19.5 Å². The number of nitrogens with zero attached hydrogens (tertiary/aromatic N) is 4. The molecule has 2 aliphatic heterocycles. The number of halogens is 1. The monoisotopic (exact) mass is 633 g/mol. The molecular formula is C30H40ClN5O6S. The summed E-state index contributed by atoms with van der Waals surface area (Å²) in [6.07, 6.45) is 3.62. The number of piperidine rings is 1. The van der Waals surface area contributed by atoms with E-state index >= 15 is 0 Å². The number of fused-ring (bicyclic) bond motifs is 4. The Labute approximate surface area is 258 Å². The molecule has 1 aliphatic carbocycles. The van der Waals surface area contributed by atoms with Crippen molar-refractivity contribution in [2.24, 2.45) is 11.3 Å². The first kappa shape index (κ1) is 31.3. The molecule has 1 aromatic carbocycles. The molecule has 2 amide bonds. The fourth-order valence-electron chi connectivity index (χ4n) is 6.29. The van der Waals surface area contributed by atoms with Crippen LogP contribution < -0.4 is 9.46 Å². The van der Waals surface area contributed by atoms with Crippen LogP contribution >= 0.6 is 11.6 Å². The van der Waals surface area contributed by atoms with Gasteiger partial charge in [-0.15, -0.1) is 0 Å². The van der Waals surface area contributed by atoms with E-state index in [9.17, 15) is 18.0 Å².